The Hall–Kier alpha value is -2.77. The van der Waals surface area contributed by atoms with Crippen molar-refractivity contribution in [3.63, 3.8) is 0 Å². The van der Waals surface area contributed by atoms with Gasteiger partial charge in [0.25, 0.3) is 0 Å². The maximum absolute atomic E-state index is 14.0. The van der Waals surface area contributed by atoms with Gasteiger partial charge in [0.2, 0.25) is 0 Å². The molecule has 1 saturated carbocycles. The summed E-state index contributed by atoms with van der Waals surface area (Å²) in [6, 6.07) is 1.35. The number of hydrogen-bond acceptors (Lipinski definition) is 4. The first-order chi connectivity index (χ1) is 11.1. The van der Waals surface area contributed by atoms with E-state index >= 15 is 0 Å². The molecule has 2 amide bonds. The number of hydrogen-bond donors (Lipinski definition) is 2. The number of carbonyl (C=O) groups is 1. The Bertz CT molecular complexity index is 772. The zero-order valence-corrected chi connectivity index (χ0v) is 11.8. The minimum absolute atomic E-state index is 0.0510. The van der Waals surface area contributed by atoms with E-state index in [1.807, 2.05) is 0 Å². The van der Waals surface area contributed by atoms with Crippen molar-refractivity contribution in [3.05, 3.63) is 47.9 Å². The van der Waals surface area contributed by atoms with E-state index in [0.29, 0.717) is 5.82 Å². The van der Waals surface area contributed by atoms with E-state index in [4.69, 9.17) is 4.74 Å². The second-order valence-corrected chi connectivity index (χ2v) is 5.49. The third kappa shape index (κ3) is 2.36. The Labute approximate surface area is 129 Å². The third-order valence-corrected chi connectivity index (χ3v) is 4.12. The van der Waals surface area contributed by atoms with E-state index in [-0.39, 0.29) is 35.8 Å². The van der Waals surface area contributed by atoms with Gasteiger partial charge in [0.1, 0.15) is 5.82 Å². The molecule has 1 aromatic heterocycles. The number of anilines is 1. The topological polar surface area (TPSA) is 76.1 Å². The summed E-state index contributed by atoms with van der Waals surface area (Å²) >= 11 is 0. The molecule has 118 valence electrons. The number of nitrogens with zero attached hydrogens (tertiary/aromatic N) is 2. The summed E-state index contributed by atoms with van der Waals surface area (Å²) in [5.41, 5.74) is 0.200. The van der Waals surface area contributed by atoms with Crippen LogP contribution in [-0.2, 0) is 0 Å². The van der Waals surface area contributed by atoms with Crippen molar-refractivity contribution in [3.8, 4) is 5.75 Å². The predicted octanol–water partition coefficient (Wildman–Crippen LogP) is 2.05. The van der Waals surface area contributed by atoms with E-state index in [9.17, 15) is 13.6 Å². The molecule has 0 saturated heterocycles. The molecule has 0 bridgehead atoms. The molecule has 23 heavy (non-hydrogen) atoms. The SMILES string of the molecule is O=C(Nc1cnccn1)N[C@@H]1[C@H]2COc3c(F)ccc(F)c3[C@@H]21. The minimum atomic E-state index is -0.588. The number of aromatic nitrogens is 2. The molecule has 0 unspecified atom stereocenters. The molecular formula is C15H12F2N4O2. The molecule has 0 radical (unpaired) electrons. The number of urea groups is 1. The first-order valence-corrected chi connectivity index (χ1v) is 7.09. The first kappa shape index (κ1) is 13.9. The summed E-state index contributed by atoms with van der Waals surface area (Å²) in [6.07, 6.45) is 4.35. The molecule has 3 atom stereocenters. The lowest BCUT2D eigenvalue weighted by atomic mass is 10.0. The summed E-state index contributed by atoms with van der Waals surface area (Å²) in [5, 5.41) is 5.29. The van der Waals surface area contributed by atoms with Crippen LogP contribution in [0, 0.1) is 17.6 Å². The number of fused-ring (bicyclic) bond motifs is 3. The Morgan fingerprint density at radius 3 is 2.87 bits per heavy atom. The normalized spacial score (nSPS) is 24.0. The first-order valence-electron chi connectivity index (χ1n) is 7.09. The predicted molar refractivity (Wildman–Crippen MR) is 76.1 cm³/mol. The Morgan fingerprint density at radius 1 is 1.26 bits per heavy atom. The van der Waals surface area contributed by atoms with Crippen molar-refractivity contribution in [2.75, 3.05) is 11.9 Å². The number of halogens is 2. The largest absolute Gasteiger partial charge is 0.490 e. The van der Waals surface area contributed by atoms with E-state index in [0.717, 1.165) is 12.1 Å². The maximum atomic E-state index is 14.0. The van der Waals surface area contributed by atoms with Crippen molar-refractivity contribution in [2.24, 2.45) is 5.92 Å². The van der Waals surface area contributed by atoms with Gasteiger partial charge >= 0.3 is 6.03 Å². The summed E-state index contributed by atoms with van der Waals surface area (Å²) in [6.45, 7) is 0.244. The third-order valence-electron chi connectivity index (χ3n) is 4.12. The zero-order chi connectivity index (χ0) is 16.0. The van der Waals surface area contributed by atoms with E-state index < -0.39 is 17.7 Å². The van der Waals surface area contributed by atoms with Crippen molar-refractivity contribution in [1.29, 1.82) is 0 Å². The second kappa shape index (κ2) is 5.15. The van der Waals surface area contributed by atoms with Crippen LogP contribution in [0.15, 0.2) is 30.7 Å². The molecule has 1 fully saturated rings. The maximum Gasteiger partial charge on any atom is 0.320 e. The van der Waals surface area contributed by atoms with Gasteiger partial charge in [0.15, 0.2) is 17.4 Å². The summed E-state index contributed by atoms with van der Waals surface area (Å²) in [5.74, 6) is -1.19. The quantitative estimate of drug-likeness (QED) is 0.888. The van der Waals surface area contributed by atoms with Crippen molar-refractivity contribution in [2.45, 2.75) is 12.0 Å². The lowest BCUT2D eigenvalue weighted by molar-refractivity contribution is 0.247. The van der Waals surface area contributed by atoms with Gasteiger partial charge in [-0.3, -0.25) is 10.3 Å². The summed E-state index contributed by atoms with van der Waals surface area (Å²) < 4.78 is 33.0. The molecule has 2 aromatic rings. The molecule has 1 aliphatic carbocycles. The Morgan fingerprint density at radius 2 is 2.09 bits per heavy atom. The number of nitrogens with one attached hydrogen (secondary N) is 2. The van der Waals surface area contributed by atoms with E-state index in [1.54, 1.807) is 0 Å². The molecule has 2 heterocycles. The van der Waals surface area contributed by atoms with E-state index in [1.165, 1.54) is 18.6 Å². The summed E-state index contributed by atoms with van der Waals surface area (Å²) in [4.78, 5) is 19.7. The number of rotatable bonds is 2. The van der Waals surface area contributed by atoms with Crippen LogP contribution in [0.2, 0.25) is 0 Å². The van der Waals surface area contributed by atoms with Gasteiger partial charge in [-0.1, -0.05) is 0 Å². The fraction of sp³-hybridized carbons (Fsp3) is 0.267. The molecule has 1 aliphatic heterocycles. The average molecular weight is 318 g/mol. The minimum Gasteiger partial charge on any atom is -0.490 e. The molecule has 4 rings (SSSR count). The highest BCUT2D eigenvalue weighted by molar-refractivity contribution is 5.88. The standard InChI is InChI=1S/C15H12F2N4O2/c16-8-1-2-9(17)14-12(8)11-7(6-23-14)13(11)21-15(22)20-10-5-18-3-4-19-10/h1-5,7,11,13H,6H2,(H2,19,20,21,22)/t7-,11+,13+/m0/s1. The van der Waals surface area contributed by atoms with Gasteiger partial charge in [-0.15, -0.1) is 0 Å². The summed E-state index contributed by atoms with van der Waals surface area (Å²) in [7, 11) is 0. The van der Waals surface area contributed by atoms with Gasteiger partial charge in [0, 0.05) is 35.8 Å². The van der Waals surface area contributed by atoms with Crippen LogP contribution >= 0.6 is 0 Å². The van der Waals surface area contributed by atoms with Crippen LogP contribution < -0.4 is 15.4 Å². The van der Waals surface area contributed by atoms with Crippen molar-refractivity contribution in [1.82, 2.24) is 15.3 Å². The van der Waals surface area contributed by atoms with Crippen LogP contribution in [0.5, 0.6) is 5.75 Å². The van der Waals surface area contributed by atoms with Crippen LogP contribution in [0.1, 0.15) is 11.5 Å². The second-order valence-electron chi connectivity index (χ2n) is 5.49. The molecule has 6 nitrogen and oxygen atoms in total. The van der Waals surface area contributed by atoms with Crippen molar-refractivity contribution >= 4 is 11.8 Å². The van der Waals surface area contributed by atoms with Gasteiger partial charge in [0.05, 0.1) is 12.8 Å². The highest BCUT2D eigenvalue weighted by atomic mass is 19.1. The Balaban J connectivity index is 1.49. The average Bonchev–Trinajstić information content (AvgIpc) is 3.24. The fourth-order valence-electron chi connectivity index (χ4n) is 3.02. The van der Waals surface area contributed by atoms with Crippen LogP contribution in [0.3, 0.4) is 0 Å². The number of carbonyl (C=O) groups excluding carboxylic acids is 1. The zero-order valence-electron chi connectivity index (χ0n) is 11.8. The van der Waals surface area contributed by atoms with Gasteiger partial charge in [-0.25, -0.2) is 18.6 Å². The lowest BCUT2D eigenvalue weighted by Crippen LogP contribution is -2.32. The number of ether oxygens (including phenoxy) is 1. The van der Waals surface area contributed by atoms with Crippen LogP contribution in [0.4, 0.5) is 19.4 Å². The number of amides is 2. The molecule has 8 heteroatoms. The Kier molecular flexibility index (Phi) is 3.10. The highest BCUT2D eigenvalue weighted by Gasteiger charge is 2.57. The van der Waals surface area contributed by atoms with Crippen LogP contribution in [0.25, 0.3) is 0 Å². The number of benzene rings is 1. The highest BCUT2D eigenvalue weighted by Crippen LogP contribution is 2.55. The monoisotopic (exact) mass is 318 g/mol. The molecule has 2 N–H and O–H groups in total. The smallest absolute Gasteiger partial charge is 0.320 e. The molecule has 1 aromatic carbocycles. The fourth-order valence-corrected chi connectivity index (χ4v) is 3.02. The molecule has 0 spiro atoms. The van der Waals surface area contributed by atoms with Crippen LogP contribution in [-0.4, -0.2) is 28.6 Å². The molecular weight excluding hydrogens is 306 g/mol. The lowest BCUT2D eigenvalue weighted by Gasteiger charge is -2.16. The van der Waals surface area contributed by atoms with Gasteiger partial charge in [-0.05, 0) is 12.1 Å². The van der Waals surface area contributed by atoms with Gasteiger partial charge in [-0.2, -0.15) is 0 Å². The van der Waals surface area contributed by atoms with E-state index in [2.05, 4.69) is 20.6 Å². The van der Waals surface area contributed by atoms with Gasteiger partial charge < -0.3 is 10.1 Å². The molecule has 2 aliphatic rings. The van der Waals surface area contributed by atoms with Crippen molar-refractivity contribution < 1.29 is 18.3 Å².